The average Bonchev–Trinajstić information content (AvgIpc) is 2.44. The van der Waals surface area contributed by atoms with Crippen LogP contribution in [0.5, 0.6) is 0 Å². The Hall–Kier alpha value is -2.29. The van der Waals surface area contributed by atoms with Crippen molar-refractivity contribution >= 4 is 40.5 Å². The Morgan fingerprint density at radius 3 is 2.67 bits per heavy atom. The number of nitrogen functional groups attached to an aromatic ring is 1. The normalized spacial score (nSPS) is 10.0. The predicted octanol–water partition coefficient (Wildman–Crippen LogP) is 3.84. The molecule has 0 saturated carbocycles. The molecule has 0 aliphatic rings. The minimum absolute atomic E-state index is 0.0622. The first kappa shape index (κ1) is 15.1. The molecule has 7 heteroatoms. The molecule has 0 atom stereocenters. The van der Waals surface area contributed by atoms with Crippen LogP contribution in [0.2, 0.25) is 10.0 Å². The lowest BCUT2D eigenvalue weighted by atomic mass is 10.1. The first-order valence-corrected chi connectivity index (χ1v) is 6.44. The summed E-state index contributed by atoms with van der Waals surface area (Å²) in [5.41, 5.74) is 5.73. The second kappa shape index (κ2) is 6.00. The zero-order valence-electron chi connectivity index (χ0n) is 10.5. The Labute approximate surface area is 129 Å². The van der Waals surface area contributed by atoms with E-state index in [9.17, 15) is 9.18 Å². The largest absolute Gasteiger partial charge is 0.397 e. The van der Waals surface area contributed by atoms with Crippen molar-refractivity contribution in [3.05, 3.63) is 57.3 Å². The Kier molecular flexibility index (Phi) is 4.32. The van der Waals surface area contributed by atoms with Crippen molar-refractivity contribution in [2.45, 2.75) is 0 Å². The van der Waals surface area contributed by atoms with Crippen LogP contribution in [0, 0.1) is 17.1 Å². The molecule has 21 heavy (non-hydrogen) atoms. The van der Waals surface area contributed by atoms with E-state index in [1.807, 2.05) is 0 Å². The first-order chi connectivity index (χ1) is 9.93. The van der Waals surface area contributed by atoms with Gasteiger partial charge in [-0.05, 0) is 24.3 Å². The Morgan fingerprint density at radius 1 is 1.33 bits per heavy atom. The van der Waals surface area contributed by atoms with Crippen molar-refractivity contribution in [3.63, 3.8) is 0 Å². The van der Waals surface area contributed by atoms with Crippen molar-refractivity contribution in [1.29, 1.82) is 5.26 Å². The van der Waals surface area contributed by atoms with Crippen molar-refractivity contribution < 1.29 is 9.18 Å². The predicted molar refractivity (Wildman–Crippen MR) is 79.9 cm³/mol. The summed E-state index contributed by atoms with van der Waals surface area (Å²) in [5.74, 6) is -1.30. The van der Waals surface area contributed by atoms with Gasteiger partial charge in [-0.1, -0.05) is 29.3 Å². The van der Waals surface area contributed by atoms with E-state index in [1.54, 1.807) is 6.07 Å². The van der Waals surface area contributed by atoms with Gasteiger partial charge in [-0.15, -0.1) is 0 Å². The lowest BCUT2D eigenvalue weighted by Gasteiger charge is -2.09. The zero-order chi connectivity index (χ0) is 15.6. The van der Waals surface area contributed by atoms with E-state index in [-0.39, 0.29) is 32.5 Å². The topological polar surface area (TPSA) is 78.9 Å². The molecule has 2 aromatic rings. The number of nitriles is 1. The van der Waals surface area contributed by atoms with Gasteiger partial charge in [0, 0.05) is 5.56 Å². The molecule has 0 aliphatic carbocycles. The van der Waals surface area contributed by atoms with Crippen LogP contribution in [0.3, 0.4) is 0 Å². The van der Waals surface area contributed by atoms with Crippen LogP contribution in [-0.2, 0) is 0 Å². The van der Waals surface area contributed by atoms with Gasteiger partial charge in [-0.2, -0.15) is 5.26 Å². The highest BCUT2D eigenvalue weighted by atomic mass is 35.5. The summed E-state index contributed by atoms with van der Waals surface area (Å²) in [6.07, 6.45) is 0. The molecule has 2 rings (SSSR count). The molecular weight excluding hydrogens is 316 g/mol. The molecule has 0 aromatic heterocycles. The fraction of sp³-hybridized carbons (Fsp3) is 0. The number of carbonyl (C=O) groups is 1. The van der Waals surface area contributed by atoms with Gasteiger partial charge >= 0.3 is 0 Å². The second-order valence-corrected chi connectivity index (χ2v) is 4.87. The van der Waals surface area contributed by atoms with Gasteiger partial charge in [-0.25, -0.2) is 4.39 Å². The van der Waals surface area contributed by atoms with Crippen LogP contribution in [-0.4, -0.2) is 5.91 Å². The standard InChI is InChI=1S/C14H8Cl2FN3O/c15-9-4-7(5-11(19)13(9)16)14(21)20-12-3-1-2-10(17)8(12)6-18/h1-5H,19H2,(H,20,21). The van der Waals surface area contributed by atoms with E-state index in [0.29, 0.717) is 0 Å². The summed E-state index contributed by atoms with van der Waals surface area (Å²) in [5, 5.41) is 11.6. The van der Waals surface area contributed by atoms with Gasteiger partial charge in [0.15, 0.2) is 0 Å². The molecule has 0 heterocycles. The molecule has 0 aliphatic heterocycles. The first-order valence-electron chi connectivity index (χ1n) is 5.68. The lowest BCUT2D eigenvalue weighted by Crippen LogP contribution is -2.14. The molecule has 0 bridgehead atoms. The lowest BCUT2D eigenvalue weighted by molar-refractivity contribution is 0.102. The maximum Gasteiger partial charge on any atom is 0.255 e. The van der Waals surface area contributed by atoms with Crippen molar-refractivity contribution in [2.24, 2.45) is 0 Å². The van der Waals surface area contributed by atoms with Gasteiger partial charge in [-0.3, -0.25) is 4.79 Å². The number of nitrogens with one attached hydrogen (secondary N) is 1. The Bertz CT molecular complexity index is 748. The maximum absolute atomic E-state index is 13.5. The highest BCUT2D eigenvalue weighted by molar-refractivity contribution is 6.44. The molecule has 4 nitrogen and oxygen atoms in total. The Morgan fingerprint density at radius 2 is 2.05 bits per heavy atom. The quantitative estimate of drug-likeness (QED) is 0.824. The number of rotatable bonds is 2. The summed E-state index contributed by atoms with van der Waals surface area (Å²) >= 11 is 11.6. The van der Waals surface area contributed by atoms with E-state index in [2.05, 4.69) is 5.32 Å². The summed E-state index contributed by atoms with van der Waals surface area (Å²) < 4.78 is 13.5. The van der Waals surface area contributed by atoms with Crippen molar-refractivity contribution in [1.82, 2.24) is 0 Å². The minimum Gasteiger partial charge on any atom is -0.397 e. The third-order valence-corrected chi connectivity index (χ3v) is 3.51. The number of nitrogens with two attached hydrogens (primary N) is 1. The summed E-state index contributed by atoms with van der Waals surface area (Å²) in [6, 6.07) is 8.30. The highest BCUT2D eigenvalue weighted by Gasteiger charge is 2.14. The van der Waals surface area contributed by atoms with Crippen LogP contribution >= 0.6 is 23.2 Å². The Balaban J connectivity index is 2.36. The summed E-state index contributed by atoms with van der Waals surface area (Å²) in [6.45, 7) is 0. The van der Waals surface area contributed by atoms with E-state index in [1.165, 1.54) is 24.3 Å². The number of nitrogens with zero attached hydrogens (tertiary/aromatic N) is 1. The number of anilines is 2. The molecule has 0 saturated heterocycles. The van der Waals surface area contributed by atoms with Crippen LogP contribution in [0.25, 0.3) is 0 Å². The van der Waals surface area contributed by atoms with E-state index in [0.717, 1.165) is 6.07 Å². The number of amides is 1. The van der Waals surface area contributed by atoms with Gasteiger partial charge in [0.25, 0.3) is 5.91 Å². The average molecular weight is 324 g/mol. The summed E-state index contributed by atoms with van der Waals surface area (Å²) in [7, 11) is 0. The molecular formula is C14H8Cl2FN3O. The SMILES string of the molecule is N#Cc1c(F)cccc1NC(=O)c1cc(N)c(Cl)c(Cl)c1. The van der Waals surface area contributed by atoms with E-state index in [4.69, 9.17) is 34.2 Å². The molecule has 1 amide bonds. The number of carbonyl (C=O) groups excluding carboxylic acids is 1. The molecule has 2 aromatic carbocycles. The van der Waals surface area contributed by atoms with Crippen LogP contribution in [0.1, 0.15) is 15.9 Å². The van der Waals surface area contributed by atoms with Crippen molar-refractivity contribution in [2.75, 3.05) is 11.1 Å². The molecule has 0 unspecified atom stereocenters. The van der Waals surface area contributed by atoms with E-state index >= 15 is 0 Å². The molecule has 0 spiro atoms. The van der Waals surface area contributed by atoms with E-state index < -0.39 is 11.7 Å². The van der Waals surface area contributed by atoms with Crippen LogP contribution < -0.4 is 11.1 Å². The van der Waals surface area contributed by atoms with Crippen molar-refractivity contribution in [3.8, 4) is 6.07 Å². The third kappa shape index (κ3) is 3.07. The minimum atomic E-state index is -0.719. The van der Waals surface area contributed by atoms with Gasteiger partial charge < -0.3 is 11.1 Å². The monoisotopic (exact) mass is 323 g/mol. The van der Waals surface area contributed by atoms with Crippen LogP contribution in [0.4, 0.5) is 15.8 Å². The fourth-order valence-electron chi connectivity index (χ4n) is 1.68. The van der Waals surface area contributed by atoms with Gasteiger partial charge in [0.2, 0.25) is 0 Å². The van der Waals surface area contributed by atoms with Gasteiger partial charge in [0.05, 0.1) is 21.4 Å². The fourth-order valence-corrected chi connectivity index (χ4v) is 2.01. The number of hydrogen-bond donors (Lipinski definition) is 2. The molecule has 0 fully saturated rings. The highest BCUT2D eigenvalue weighted by Crippen LogP contribution is 2.30. The molecule has 106 valence electrons. The van der Waals surface area contributed by atoms with Crippen LogP contribution in [0.15, 0.2) is 30.3 Å². The summed E-state index contributed by atoms with van der Waals surface area (Å²) in [4.78, 5) is 12.1. The second-order valence-electron chi connectivity index (χ2n) is 4.09. The third-order valence-electron chi connectivity index (χ3n) is 2.69. The zero-order valence-corrected chi connectivity index (χ0v) is 12.0. The smallest absolute Gasteiger partial charge is 0.255 e. The maximum atomic E-state index is 13.5. The number of benzene rings is 2. The molecule has 0 radical (unpaired) electrons. The number of halogens is 3. The number of hydrogen-bond acceptors (Lipinski definition) is 3. The van der Waals surface area contributed by atoms with Gasteiger partial charge in [0.1, 0.15) is 17.4 Å². The molecule has 3 N–H and O–H groups in total.